The minimum atomic E-state index is -0.811. The van der Waals surface area contributed by atoms with Gasteiger partial charge in [0.15, 0.2) is 6.61 Å². The standard InChI is InChI=1S/C11H13NO5/c1-3-7-12-9(13)8-17-11(15)6-5-10(14)16-4-2/h1,5-6H,4,7-8H2,2H3,(H,12,13)/b6-5+. The Balaban J connectivity index is 3.84. The summed E-state index contributed by atoms with van der Waals surface area (Å²) in [6, 6.07) is 0. The Morgan fingerprint density at radius 3 is 2.35 bits per heavy atom. The Hall–Kier alpha value is -2.29. The summed E-state index contributed by atoms with van der Waals surface area (Å²) in [5, 5.41) is 2.30. The fourth-order valence-corrected chi connectivity index (χ4v) is 0.712. The molecule has 0 saturated heterocycles. The number of hydrogen-bond acceptors (Lipinski definition) is 5. The number of amides is 1. The molecule has 0 fully saturated rings. The summed E-state index contributed by atoms with van der Waals surface area (Å²) in [5.41, 5.74) is 0. The summed E-state index contributed by atoms with van der Waals surface area (Å²) in [5.74, 6) is 0.217. The van der Waals surface area contributed by atoms with E-state index in [0.29, 0.717) is 0 Å². The van der Waals surface area contributed by atoms with Gasteiger partial charge in [0.25, 0.3) is 5.91 Å². The molecule has 0 aliphatic heterocycles. The van der Waals surface area contributed by atoms with Crippen molar-refractivity contribution in [1.82, 2.24) is 5.32 Å². The van der Waals surface area contributed by atoms with E-state index < -0.39 is 24.5 Å². The number of terminal acetylenes is 1. The minimum absolute atomic E-state index is 0.0645. The molecule has 6 heteroatoms. The van der Waals surface area contributed by atoms with Gasteiger partial charge in [0.05, 0.1) is 13.2 Å². The Kier molecular flexibility index (Phi) is 7.76. The highest BCUT2D eigenvalue weighted by Gasteiger charge is 2.04. The van der Waals surface area contributed by atoms with Crippen LogP contribution in [0, 0.1) is 12.3 Å². The Morgan fingerprint density at radius 1 is 1.24 bits per heavy atom. The van der Waals surface area contributed by atoms with Gasteiger partial charge in [-0.1, -0.05) is 5.92 Å². The highest BCUT2D eigenvalue weighted by atomic mass is 16.5. The van der Waals surface area contributed by atoms with Crippen molar-refractivity contribution in [3.8, 4) is 12.3 Å². The lowest BCUT2D eigenvalue weighted by Gasteiger charge is -2.01. The zero-order valence-corrected chi connectivity index (χ0v) is 9.39. The van der Waals surface area contributed by atoms with Crippen molar-refractivity contribution >= 4 is 17.8 Å². The predicted molar refractivity (Wildman–Crippen MR) is 58.6 cm³/mol. The Morgan fingerprint density at radius 2 is 1.82 bits per heavy atom. The molecule has 0 unspecified atom stereocenters. The number of carbonyl (C=O) groups is 3. The lowest BCUT2D eigenvalue weighted by molar-refractivity contribution is -0.144. The SMILES string of the molecule is C#CCNC(=O)COC(=O)/C=C/C(=O)OCC. The molecule has 17 heavy (non-hydrogen) atoms. The molecule has 92 valence electrons. The highest BCUT2D eigenvalue weighted by molar-refractivity contribution is 5.92. The van der Waals surface area contributed by atoms with Crippen molar-refractivity contribution < 1.29 is 23.9 Å². The summed E-state index contributed by atoms with van der Waals surface area (Å²) < 4.78 is 9.05. The second kappa shape index (κ2) is 8.97. The molecular weight excluding hydrogens is 226 g/mol. The summed E-state index contributed by atoms with van der Waals surface area (Å²) in [7, 11) is 0. The summed E-state index contributed by atoms with van der Waals surface area (Å²) >= 11 is 0. The number of ether oxygens (including phenoxy) is 2. The van der Waals surface area contributed by atoms with Gasteiger partial charge in [-0.2, -0.15) is 0 Å². The fourth-order valence-electron chi connectivity index (χ4n) is 0.712. The molecule has 6 nitrogen and oxygen atoms in total. The van der Waals surface area contributed by atoms with Crippen LogP contribution in [0.4, 0.5) is 0 Å². The van der Waals surface area contributed by atoms with Gasteiger partial charge in [-0.15, -0.1) is 6.42 Å². The number of hydrogen-bond donors (Lipinski definition) is 1. The molecule has 0 spiro atoms. The van der Waals surface area contributed by atoms with E-state index >= 15 is 0 Å². The molecule has 0 rings (SSSR count). The van der Waals surface area contributed by atoms with Crippen LogP contribution < -0.4 is 5.32 Å². The van der Waals surface area contributed by atoms with E-state index in [-0.39, 0.29) is 13.2 Å². The van der Waals surface area contributed by atoms with Crippen molar-refractivity contribution in [3.63, 3.8) is 0 Å². The third kappa shape index (κ3) is 8.69. The van der Waals surface area contributed by atoms with E-state index in [2.05, 4.69) is 20.7 Å². The van der Waals surface area contributed by atoms with Crippen LogP contribution in [-0.2, 0) is 23.9 Å². The molecule has 0 atom stereocenters. The number of carbonyl (C=O) groups excluding carboxylic acids is 3. The zero-order valence-electron chi connectivity index (χ0n) is 9.39. The van der Waals surface area contributed by atoms with Gasteiger partial charge in [-0.3, -0.25) is 4.79 Å². The Bertz CT molecular complexity index is 353. The second-order valence-electron chi connectivity index (χ2n) is 2.67. The molecule has 0 bridgehead atoms. The van der Waals surface area contributed by atoms with E-state index in [0.717, 1.165) is 12.2 Å². The van der Waals surface area contributed by atoms with Gasteiger partial charge in [0, 0.05) is 12.2 Å². The van der Waals surface area contributed by atoms with Crippen LogP contribution in [-0.4, -0.2) is 37.6 Å². The summed E-state index contributed by atoms with van der Waals surface area (Å²) in [6.45, 7) is 1.47. The monoisotopic (exact) mass is 239 g/mol. The Labute approximate surface area is 99.0 Å². The number of rotatable bonds is 6. The molecule has 0 saturated carbocycles. The molecular formula is C11H13NO5. The molecule has 1 amide bonds. The maximum atomic E-state index is 11.0. The normalized spacial score (nSPS) is 9.41. The van der Waals surface area contributed by atoms with Gasteiger partial charge in [0.2, 0.25) is 0 Å². The molecule has 0 heterocycles. The van der Waals surface area contributed by atoms with Gasteiger partial charge < -0.3 is 14.8 Å². The van der Waals surface area contributed by atoms with Gasteiger partial charge in [0.1, 0.15) is 0 Å². The highest BCUT2D eigenvalue weighted by Crippen LogP contribution is 1.85. The first-order valence-electron chi connectivity index (χ1n) is 4.82. The van der Waals surface area contributed by atoms with Crippen LogP contribution in [0.2, 0.25) is 0 Å². The van der Waals surface area contributed by atoms with Crippen molar-refractivity contribution in [2.75, 3.05) is 19.8 Å². The topological polar surface area (TPSA) is 81.7 Å². The fraction of sp³-hybridized carbons (Fsp3) is 0.364. The lowest BCUT2D eigenvalue weighted by Crippen LogP contribution is -2.28. The first-order chi connectivity index (χ1) is 8.10. The van der Waals surface area contributed by atoms with Crippen LogP contribution in [0.1, 0.15) is 6.92 Å². The van der Waals surface area contributed by atoms with Crippen LogP contribution in [0.15, 0.2) is 12.2 Å². The first-order valence-corrected chi connectivity index (χ1v) is 4.82. The lowest BCUT2D eigenvalue weighted by atomic mass is 10.5. The molecule has 0 aromatic heterocycles. The van der Waals surface area contributed by atoms with E-state index in [9.17, 15) is 14.4 Å². The van der Waals surface area contributed by atoms with Crippen LogP contribution in [0.3, 0.4) is 0 Å². The second-order valence-corrected chi connectivity index (χ2v) is 2.67. The smallest absolute Gasteiger partial charge is 0.331 e. The van der Waals surface area contributed by atoms with E-state index in [1.54, 1.807) is 6.92 Å². The molecule has 0 aromatic rings. The van der Waals surface area contributed by atoms with Gasteiger partial charge >= 0.3 is 11.9 Å². The third-order valence-corrected chi connectivity index (χ3v) is 1.38. The van der Waals surface area contributed by atoms with Gasteiger partial charge in [-0.05, 0) is 6.92 Å². The van der Waals surface area contributed by atoms with E-state index in [1.165, 1.54) is 0 Å². The molecule has 0 radical (unpaired) electrons. The van der Waals surface area contributed by atoms with Crippen molar-refractivity contribution in [3.05, 3.63) is 12.2 Å². The summed E-state index contributed by atoms with van der Waals surface area (Å²) in [4.78, 5) is 32.7. The van der Waals surface area contributed by atoms with Crippen LogP contribution >= 0.6 is 0 Å². The van der Waals surface area contributed by atoms with E-state index in [4.69, 9.17) is 6.42 Å². The molecule has 1 N–H and O–H groups in total. The quantitative estimate of drug-likeness (QED) is 0.380. The third-order valence-electron chi connectivity index (χ3n) is 1.38. The van der Waals surface area contributed by atoms with Crippen LogP contribution in [0.25, 0.3) is 0 Å². The number of nitrogens with one attached hydrogen (secondary N) is 1. The van der Waals surface area contributed by atoms with Crippen molar-refractivity contribution in [2.24, 2.45) is 0 Å². The van der Waals surface area contributed by atoms with Crippen LogP contribution in [0.5, 0.6) is 0 Å². The molecule has 0 aliphatic carbocycles. The maximum Gasteiger partial charge on any atom is 0.331 e. The number of esters is 2. The predicted octanol–water partition coefficient (Wildman–Crippen LogP) is -0.602. The average Bonchev–Trinajstić information content (AvgIpc) is 2.31. The summed E-state index contributed by atoms with van der Waals surface area (Å²) in [6.07, 6.45) is 6.71. The molecule has 0 aromatic carbocycles. The average molecular weight is 239 g/mol. The first kappa shape index (κ1) is 14.7. The molecule has 0 aliphatic rings. The van der Waals surface area contributed by atoms with Crippen molar-refractivity contribution in [2.45, 2.75) is 6.92 Å². The maximum absolute atomic E-state index is 11.0. The van der Waals surface area contributed by atoms with Gasteiger partial charge in [-0.25, -0.2) is 9.59 Å². The minimum Gasteiger partial charge on any atom is -0.463 e. The largest absolute Gasteiger partial charge is 0.463 e. The van der Waals surface area contributed by atoms with Crippen molar-refractivity contribution in [1.29, 1.82) is 0 Å². The zero-order chi connectivity index (χ0) is 13.1. The van der Waals surface area contributed by atoms with E-state index in [1.807, 2.05) is 0 Å².